The zero-order valence-corrected chi connectivity index (χ0v) is 25.7. The molecule has 0 aromatic carbocycles. The van der Waals surface area contributed by atoms with Crippen molar-refractivity contribution in [2.75, 3.05) is 39.3 Å². The lowest BCUT2D eigenvalue weighted by Gasteiger charge is -2.51. The number of nitrogens with one attached hydrogen (secondary N) is 2. The molecule has 0 aromatic heterocycles. The quantitative estimate of drug-likeness (QED) is 0.122. The number of alkyl halides is 1. The summed E-state index contributed by atoms with van der Waals surface area (Å²) >= 11 is 0. The van der Waals surface area contributed by atoms with Crippen molar-refractivity contribution >= 4 is 17.9 Å². The van der Waals surface area contributed by atoms with E-state index in [4.69, 9.17) is 16.2 Å². The molecule has 12 heteroatoms. The van der Waals surface area contributed by atoms with Gasteiger partial charge in [0.05, 0.1) is 30.7 Å². The van der Waals surface area contributed by atoms with Crippen molar-refractivity contribution in [1.29, 1.82) is 0 Å². The summed E-state index contributed by atoms with van der Waals surface area (Å²) in [6, 6.07) is -1.54. The SMILES string of the molecule is CCCCCCC1(N2CCN3C(=O)OC[C@@H]3C2)C(F)=C=NCC1NC(=O)C(C(N)N)C(/C=C(/C)CC)NCC(F)CC. The zero-order chi connectivity index (χ0) is 30.9. The van der Waals surface area contributed by atoms with Crippen LogP contribution in [0.25, 0.3) is 0 Å². The molecule has 5 unspecified atom stereocenters. The Hall–Kier alpha value is -2.37. The third-order valence-corrected chi connectivity index (χ3v) is 8.96. The van der Waals surface area contributed by atoms with E-state index in [0.717, 1.165) is 37.7 Å². The molecule has 3 heterocycles. The Kier molecular flexibility index (Phi) is 12.9. The van der Waals surface area contributed by atoms with E-state index in [1.165, 1.54) is 0 Å². The number of unbranched alkanes of at least 4 members (excludes halogenated alkanes) is 3. The second kappa shape index (κ2) is 15.9. The van der Waals surface area contributed by atoms with E-state index >= 15 is 4.39 Å². The van der Waals surface area contributed by atoms with Crippen LogP contribution in [0.15, 0.2) is 22.5 Å². The Labute approximate surface area is 249 Å². The predicted octanol–water partition coefficient (Wildman–Crippen LogP) is 2.78. The van der Waals surface area contributed by atoms with Gasteiger partial charge >= 0.3 is 6.09 Å². The van der Waals surface area contributed by atoms with Gasteiger partial charge in [0.2, 0.25) is 5.91 Å². The number of ether oxygens (including phenoxy) is 1. The van der Waals surface area contributed by atoms with Gasteiger partial charge in [0, 0.05) is 38.1 Å². The molecule has 0 aromatic rings. The van der Waals surface area contributed by atoms with Crippen LogP contribution in [0, 0.1) is 5.92 Å². The van der Waals surface area contributed by atoms with Gasteiger partial charge < -0.3 is 26.8 Å². The third kappa shape index (κ3) is 7.96. The number of piperazine rings is 1. The summed E-state index contributed by atoms with van der Waals surface area (Å²) in [6.45, 7) is 9.44. The van der Waals surface area contributed by atoms with E-state index in [1.807, 2.05) is 24.8 Å². The number of aliphatic imine (C=N–C) groups is 1. The molecular formula is C30H51F2N7O3. The number of halogens is 2. The molecule has 0 spiro atoms. The van der Waals surface area contributed by atoms with E-state index in [9.17, 15) is 14.0 Å². The first-order valence-electron chi connectivity index (χ1n) is 15.6. The van der Waals surface area contributed by atoms with E-state index in [2.05, 4.69) is 28.4 Å². The second-order valence-corrected chi connectivity index (χ2v) is 11.8. The molecular weight excluding hydrogens is 544 g/mol. The first kappa shape index (κ1) is 34.1. The zero-order valence-electron chi connectivity index (χ0n) is 25.7. The fourth-order valence-corrected chi connectivity index (χ4v) is 6.21. The molecule has 2 saturated heterocycles. The van der Waals surface area contributed by atoms with Gasteiger partial charge in [-0.15, -0.1) is 0 Å². The molecule has 0 aliphatic carbocycles. The van der Waals surface area contributed by atoms with Crippen LogP contribution in [-0.2, 0) is 9.53 Å². The first-order chi connectivity index (χ1) is 20.1. The van der Waals surface area contributed by atoms with E-state index in [-0.39, 0.29) is 31.8 Å². The summed E-state index contributed by atoms with van der Waals surface area (Å²) in [6.07, 6.45) is 4.61. The van der Waals surface area contributed by atoms with Crippen LogP contribution >= 0.6 is 0 Å². The highest BCUT2D eigenvalue weighted by molar-refractivity contribution is 5.81. The minimum absolute atomic E-state index is 0.0457. The number of nitrogens with zero attached hydrogens (tertiary/aromatic N) is 3. The number of nitrogens with two attached hydrogens (primary N) is 2. The molecule has 2 amide bonds. The maximum atomic E-state index is 16.2. The summed E-state index contributed by atoms with van der Waals surface area (Å²) < 4.78 is 35.7. The van der Waals surface area contributed by atoms with Crippen LogP contribution in [-0.4, -0.2) is 103 Å². The van der Waals surface area contributed by atoms with Crippen LogP contribution in [0.3, 0.4) is 0 Å². The topological polar surface area (TPSA) is 138 Å². The largest absolute Gasteiger partial charge is 0.447 e. The van der Waals surface area contributed by atoms with Crippen molar-refractivity contribution in [1.82, 2.24) is 20.4 Å². The van der Waals surface area contributed by atoms with Crippen molar-refractivity contribution in [3.8, 4) is 0 Å². The van der Waals surface area contributed by atoms with Crippen molar-refractivity contribution in [2.24, 2.45) is 22.4 Å². The molecule has 3 rings (SSSR count). The molecule has 42 heavy (non-hydrogen) atoms. The van der Waals surface area contributed by atoms with Gasteiger partial charge in [-0.3, -0.25) is 14.6 Å². The molecule has 2 fully saturated rings. The van der Waals surface area contributed by atoms with Gasteiger partial charge in [-0.05, 0) is 26.2 Å². The minimum atomic E-state index is -1.20. The molecule has 0 radical (unpaired) electrons. The number of cyclic esters (lactones) is 1. The smallest absolute Gasteiger partial charge is 0.410 e. The van der Waals surface area contributed by atoms with Gasteiger partial charge in [0.25, 0.3) is 0 Å². The van der Waals surface area contributed by atoms with E-state index in [1.54, 1.807) is 11.8 Å². The average Bonchev–Trinajstić information content (AvgIpc) is 3.34. The number of hydrogen-bond acceptors (Lipinski definition) is 8. The molecule has 238 valence electrons. The molecule has 3 aliphatic heterocycles. The number of carbonyl (C=O) groups is 2. The highest BCUT2D eigenvalue weighted by Crippen LogP contribution is 2.38. The van der Waals surface area contributed by atoms with Crippen LogP contribution in [0.2, 0.25) is 0 Å². The second-order valence-electron chi connectivity index (χ2n) is 11.8. The highest BCUT2D eigenvalue weighted by Gasteiger charge is 2.53. The Morgan fingerprint density at radius 3 is 2.69 bits per heavy atom. The van der Waals surface area contributed by atoms with Gasteiger partial charge in [-0.1, -0.05) is 58.1 Å². The summed E-state index contributed by atoms with van der Waals surface area (Å²) in [5.41, 5.74) is 12.2. The number of fused-ring (bicyclic) bond motifs is 1. The number of carbonyl (C=O) groups excluding carboxylic acids is 2. The fraction of sp³-hybridized carbons (Fsp3) is 0.800. The van der Waals surface area contributed by atoms with Crippen LogP contribution in [0.5, 0.6) is 0 Å². The third-order valence-electron chi connectivity index (χ3n) is 8.96. The predicted molar refractivity (Wildman–Crippen MR) is 160 cm³/mol. The Bertz CT molecular complexity index is 1020. The molecule has 0 saturated carbocycles. The first-order valence-corrected chi connectivity index (χ1v) is 15.6. The highest BCUT2D eigenvalue weighted by atomic mass is 19.1. The van der Waals surface area contributed by atoms with E-state index in [0.29, 0.717) is 32.5 Å². The standard InChI is InChI=1S/C30H51F2N7O3/c1-5-8-9-10-11-30(38-12-13-39-22(18-38)19-42-29(39)41)24(32)16-35-17-25(30)37-28(40)26(27(33)34)23(14-20(4)6-2)36-15-21(31)7-3/h14,21-23,25-27,36H,5-13,15,17-19,33-34H2,1-4H3,(H,37,40)/b20-14-/t21?,22-,23?,25?,26?,30?/m0/s1. The summed E-state index contributed by atoms with van der Waals surface area (Å²) in [7, 11) is 0. The molecule has 3 aliphatic rings. The van der Waals surface area contributed by atoms with Gasteiger partial charge in [-0.2, -0.15) is 4.39 Å². The van der Waals surface area contributed by atoms with Gasteiger partial charge in [0.15, 0.2) is 5.83 Å². The van der Waals surface area contributed by atoms with Gasteiger partial charge in [0.1, 0.15) is 18.3 Å². The Morgan fingerprint density at radius 2 is 2.02 bits per heavy atom. The van der Waals surface area contributed by atoms with Crippen molar-refractivity contribution < 1.29 is 23.1 Å². The van der Waals surface area contributed by atoms with Crippen LogP contribution in [0.1, 0.15) is 72.6 Å². The molecule has 6 N–H and O–H groups in total. The normalized spacial score (nSPS) is 27.0. The molecule has 10 nitrogen and oxygen atoms in total. The van der Waals surface area contributed by atoms with Crippen LogP contribution in [0.4, 0.5) is 13.6 Å². The summed E-state index contributed by atoms with van der Waals surface area (Å²) in [5.74, 6) is 0.677. The Balaban J connectivity index is 1.93. The van der Waals surface area contributed by atoms with Crippen molar-refractivity contribution in [2.45, 2.75) is 109 Å². The number of allylic oxidation sites excluding steroid dienone is 1. The lowest BCUT2D eigenvalue weighted by molar-refractivity contribution is -0.128. The fourth-order valence-electron chi connectivity index (χ4n) is 6.21. The average molecular weight is 596 g/mol. The monoisotopic (exact) mass is 595 g/mol. The summed E-state index contributed by atoms with van der Waals surface area (Å²) in [5, 5.41) is 6.25. The lowest BCUT2D eigenvalue weighted by Crippen LogP contribution is -2.70. The van der Waals surface area contributed by atoms with Gasteiger partial charge in [-0.25, -0.2) is 14.2 Å². The maximum absolute atomic E-state index is 16.2. The number of rotatable bonds is 16. The Morgan fingerprint density at radius 1 is 1.26 bits per heavy atom. The van der Waals surface area contributed by atoms with E-state index < -0.39 is 47.6 Å². The number of hydrogen-bond donors (Lipinski definition) is 4. The number of amides is 2. The van der Waals surface area contributed by atoms with Crippen molar-refractivity contribution in [3.63, 3.8) is 0 Å². The van der Waals surface area contributed by atoms with Crippen LogP contribution < -0.4 is 22.1 Å². The maximum Gasteiger partial charge on any atom is 0.410 e. The summed E-state index contributed by atoms with van der Waals surface area (Å²) in [4.78, 5) is 34.1. The van der Waals surface area contributed by atoms with Crippen molar-refractivity contribution in [3.05, 3.63) is 17.5 Å². The molecule has 0 bridgehead atoms. The lowest BCUT2D eigenvalue weighted by atomic mass is 9.79. The minimum Gasteiger partial charge on any atom is -0.447 e. The molecule has 6 atom stereocenters.